The summed E-state index contributed by atoms with van der Waals surface area (Å²) in [6.45, 7) is 1.27. The van der Waals surface area contributed by atoms with Gasteiger partial charge in [0.05, 0.1) is 28.4 Å². The summed E-state index contributed by atoms with van der Waals surface area (Å²) < 4.78 is 83.6. The molecular weight excluding hydrogens is 546 g/mol. The van der Waals surface area contributed by atoms with Gasteiger partial charge in [0.2, 0.25) is 0 Å². The molecule has 2 heterocycles. The van der Waals surface area contributed by atoms with Crippen LogP contribution in [0.5, 0.6) is 0 Å². The Hall–Kier alpha value is -4.19. The lowest BCUT2D eigenvalue weighted by Crippen LogP contribution is -2.13. The first-order chi connectivity index (χ1) is 18.4. The molecule has 0 fully saturated rings. The zero-order valence-electron chi connectivity index (χ0n) is 20.0. The lowest BCUT2D eigenvalue weighted by atomic mass is 10.0. The summed E-state index contributed by atoms with van der Waals surface area (Å²) in [7, 11) is 0. The van der Waals surface area contributed by atoms with Gasteiger partial charge in [-0.2, -0.15) is 26.3 Å². The highest BCUT2D eigenvalue weighted by Crippen LogP contribution is 2.37. The average molecular weight is 563 g/mol. The molecule has 0 bridgehead atoms. The van der Waals surface area contributed by atoms with Crippen molar-refractivity contribution in [2.45, 2.75) is 25.8 Å². The van der Waals surface area contributed by atoms with Crippen molar-refractivity contribution in [1.29, 1.82) is 0 Å². The van der Waals surface area contributed by atoms with Gasteiger partial charge >= 0.3 is 12.4 Å². The fourth-order valence-electron chi connectivity index (χ4n) is 4.18. The maximum Gasteiger partial charge on any atom is 0.416 e. The Kier molecular flexibility index (Phi) is 6.67. The number of benzene rings is 3. The van der Waals surface area contributed by atoms with E-state index in [9.17, 15) is 26.3 Å². The molecule has 0 amide bonds. The number of hydrogen-bond acceptors (Lipinski definition) is 4. The number of alkyl halides is 6. The third-order valence-corrected chi connectivity index (χ3v) is 6.21. The molecule has 0 spiro atoms. The quantitative estimate of drug-likeness (QED) is 0.212. The molecule has 0 saturated carbocycles. The summed E-state index contributed by atoms with van der Waals surface area (Å²) in [5.41, 5.74) is -1.43. The van der Waals surface area contributed by atoms with Gasteiger partial charge in [0, 0.05) is 5.56 Å². The first kappa shape index (κ1) is 26.4. The second-order valence-electron chi connectivity index (χ2n) is 8.58. The van der Waals surface area contributed by atoms with E-state index in [1.807, 2.05) is 0 Å². The van der Waals surface area contributed by atoms with Crippen LogP contribution in [0.2, 0.25) is 5.02 Å². The molecule has 0 aliphatic carbocycles. The normalized spacial score (nSPS) is 12.2. The molecule has 0 aliphatic rings. The van der Waals surface area contributed by atoms with Crippen molar-refractivity contribution >= 4 is 11.6 Å². The number of hydrogen-bond donors (Lipinski definition) is 0. The minimum Gasteiger partial charge on any atom is -0.276 e. The van der Waals surface area contributed by atoms with E-state index in [0.717, 1.165) is 0 Å². The molecule has 6 nitrogen and oxygen atoms in total. The van der Waals surface area contributed by atoms with E-state index < -0.39 is 30.0 Å². The molecule has 13 heteroatoms. The maximum atomic E-state index is 13.5. The van der Waals surface area contributed by atoms with Gasteiger partial charge in [-0.1, -0.05) is 59.3 Å². The maximum absolute atomic E-state index is 13.5. The minimum atomic E-state index is -4.98. The van der Waals surface area contributed by atoms with Crippen molar-refractivity contribution in [1.82, 2.24) is 29.8 Å². The van der Waals surface area contributed by atoms with Crippen LogP contribution in [0.4, 0.5) is 26.3 Å². The number of aryl methyl sites for hydroxylation is 1. The van der Waals surface area contributed by atoms with Gasteiger partial charge in [-0.25, -0.2) is 4.68 Å². The Balaban J connectivity index is 1.69. The molecule has 0 N–H and O–H groups in total. The monoisotopic (exact) mass is 562 g/mol. The first-order valence-corrected chi connectivity index (χ1v) is 11.8. The number of rotatable bonds is 5. The van der Waals surface area contributed by atoms with E-state index in [1.165, 1.54) is 4.68 Å². The van der Waals surface area contributed by atoms with Crippen LogP contribution in [0.3, 0.4) is 0 Å². The van der Waals surface area contributed by atoms with E-state index >= 15 is 0 Å². The molecule has 0 saturated heterocycles. The Morgan fingerprint density at radius 3 is 2.00 bits per heavy atom. The van der Waals surface area contributed by atoms with Crippen molar-refractivity contribution < 1.29 is 26.3 Å². The van der Waals surface area contributed by atoms with Crippen LogP contribution in [-0.4, -0.2) is 29.8 Å². The average Bonchev–Trinajstić information content (AvgIpc) is 3.46. The lowest BCUT2D eigenvalue weighted by molar-refractivity contribution is -0.143. The van der Waals surface area contributed by atoms with Crippen LogP contribution in [0.1, 0.15) is 22.5 Å². The number of para-hydroxylation sites is 1. The largest absolute Gasteiger partial charge is 0.416 e. The molecule has 200 valence electrons. The third-order valence-electron chi connectivity index (χ3n) is 5.89. The van der Waals surface area contributed by atoms with Crippen molar-refractivity contribution in [2.75, 3.05) is 0 Å². The highest BCUT2D eigenvalue weighted by molar-refractivity contribution is 6.32. The summed E-state index contributed by atoms with van der Waals surface area (Å²) in [5, 5.41) is 17.1. The summed E-state index contributed by atoms with van der Waals surface area (Å²) in [4.78, 5) is 0. The lowest BCUT2D eigenvalue weighted by Gasteiger charge is -2.15. The van der Waals surface area contributed by atoms with Crippen molar-refractivity contribution in [3.05, 3.63) is 100 Å². The number of halogens is 7. The summed E-state index contributed by atoms with van der Waals surface area (Å²) in [5.74, 6) is 0.713. The molecule has 3 aromatic carbocycles. The predicted molar refractivity (Wildman–Crippen MR) is 131 cm³/mol. The van der Waals surface area contributed by atoms with E-state index in [0.29, 0.717) is 39.9 Å². The summed E-state index contributed by atoms with van der Waals surface area (Å²) in [6, 6.07) is 17.0. The van der Waals surface area contributed by atoms with E-state index in [1.54, 1.807) is 66.1 Å². The molecule has 5 aromatic rings. The highest BCUT2D eigenvalue weighted by Gasteiger charge is 2.37. The zero-order valence-corrected chi connectivity index (χ0v) is 20.7. The van der Waals surface area contributed by atoms with Crippen LogP contribution in [0.15, 0.2) is 72.8 Å². The van der Waals surface area contributed by atoms with E-state index in [-0.39, 0.29) is 23.1 Å². The second-order valence-corrected chi connectivity index (χ2v) is 8.99. The Bertz CT molecular complexity index is 1610. The standard InChI is InChI=1S/C26H17ClF6N6/c1-15-34-36-24(39(15)21-10-6-5-9-20(21)27)22-23(17-7-3-2-4-8-17)38(37-35-22)14-16-11-18(25(28,29)30)13-19(12-16)26(31,32)33/h2-13H,14H2,1H3. The SMILES string of the molecule is Cc1nnc(-c2nnn(Cc3cc(C(F)(F)F)cc(C(F)(F)F)c3)c2-c2ccccc2)n1-c1ccccc1Cl. The van der Waals surface area contributed by atoms with Crippen molar-refractivity contribution in [2.24, 2.45) is 0 Å². The van der Waals surface area contributed by atoms with Gasteiger partial charge < -0.3 is 0 Å². The van der Waals surface area contributed by atoms with Gasteiger partial charge in [0.25, 0.3) is 0 Å². The Labute approximate surface area is 222 Å². The molecule has 0 unspecified atom stereocenters. The van der Waals surface area contributed by atoms with Crippen molar-refractivity contribution in [3.8, 4) is 28.5 Å². The predicted octanol–water partition coefficient (Wildman–Crippen LogP) is 7.24. The molecule has 39 heavy (non-hydrogen) atoms. The second kappa shape index (κ2) is 9.84. The van der Waals surface area contributed by atoms with Crippen LogP contribution in [0, 0.1) is 6.92 Å². The summed E-state index contributed by atoms with van der Waals surface area (Å²) >= 11 is 6.42. The van der Waals surface area contributed by atoms with Gasteiger partial charge in [0.15, 0.2) is 11.5 Å². The van der Waals surface area contributed by atoms with Crippen LogP contribution < -0.4 is 0 Å². The first-order valence-electron chi connectivity index (χ1n) is 11.4. The number of nitrogens with zero attached hydrogens (tertiary/aromatic N) is 6. The fourth-order valence-corrected chi connectivity index (χ4v) is 4.40. The van der Waals surface area contributed by atoms with Crippen molar-refractivity contribution in [3.63, 3.8) is 0 Å². The molecule has 2 aromatic heterocycles. The molecule has 0 radical (unpaired) electrons. The summed E-state index contributed by atoms with van der Waals surface area (Å²) in [6.07, 6.45) is -9.95. The zero-order chi connectivity index (χ0) is 27.9. The van der Waals surface area contributed by atoms with Crippen LogP contribution >= 0.6 is 11.6 Å². The smallest absolute Gasteiger partial charge is 0.276 e. The third kappa shape index (κ3) is 5.24. The molecule has 0 atom stereocenters. The van der Waals surface area contributed by atoms with Crippen LogP contribution in [0.25, 0.3) is 28.5 Å². The molecule has 0 aliphatic heterocycles. The molecular formula is C26H17ClF6N6. The van der Waals surface area contributed by atoms with Gasteiger partial charge in [-0.3, -0.25) is 4.57 Å². The molecule has 5 rings (SSSR count). The topological polar surface area (TPSA) is 61.4 Å². The minimum absolute atomic E-state index is 0.0865. The van der Waals surface area contributed by atoms with E-state index in [4.69, 9.17) is 11.6 Å². The van der Waals surface area contributed by atoms with Gasteiger partial charge in [-0.05, 0) is 42.8 Å². The van der Waals surface area contributed by atoms with E-state index in [2.05, 4.69) is 20.5 Å². The van der Waals surface area contributed by atoms with Gasteiger partial charge in [-0.15, -0.1) is 15.3 Å². The fraction of sp³-hybridized carbons (Fsp3) is 0.154. The Morgan fingerprint density at radius 2 is 1.38 bits per heavy atom. The Morgan fingerprint density at radius 1 is 0.769 bits per heavy atom. The van der Waals surface area contributed by atoms with Crippen LogP contribution in [-0.2, 0) is 18.9 Å². The number of aromatic nitrogens is 6. The highest BCUT2D eigenvalue weighted by atomic mass is 35.5. The van der Waals surface area contributed by atoms with Gasteiger partial charge in [0.1, 0.15) is 11.5 Å².